The van der Waals surface area contributed by atoms with E-state index >= 15 is 0 Å². The molecule has 0 bridgehead atoms. The number of hydrogen-bond acceptors (Lipinski definition) is 3. The van der Waals surface area contributed by atoms with Gasteiger partial charge in [-0.2, -0.15) is 0 Å². The number of rotatable bonds is 8. The van der Waals surface area contributed by atoms with Gasteiger partial charge < -0.3 is 0 Å². The molecule has 3 N–H and O–H groups in total. The van der Waals surface area contributed by atoms with Crippen molar-refractivity contribution in [1.29, 1.82) is 0 Å². The Bertz CT molecular complexity index is 162. The summed E-state index contributed by atoms with van der Waals surface area (Å²) in [6, 6.07) is 0.0827. The number of alkyl halides is 1. The molecule has 14 heavy (non-hydrogen) atoms. The molecule has 0 aromatic rings. The van der Waals surface area contributed by atoms with E-state index < -0.39 is 0 Å². The number of carbonyl (C=O) groups excluding carboxylic acids is 1. The van der Waals surface area contributed by atoms with Crippen molar-refractivity contribution in [3.05, 3.63) is 0 Å². The number of Topliss-reactive ketones (excluding diaryl/α,β-unsaturated/α-hetero) is 1. The number of halogens is 1. The SMILES string of the molecule is C[I-]NC(CCCCN)C(=O)C(C)C. The molecule has 0 aromatic carbocycles. The first-order valence-corrected chi connectivity index (χ1v) is 8.34. The number of carbonyl (C=O) groups is 1. The monoisotopic (exact) mass is 313 g/mol. The summed E-state index contributed by atoms with van der Waals surface area (Å²) in [5, 5.41) is 0. The molecule has 3 nitrogen and oxygen atoms in total. The van der Waals surface area contributed by atoms with Gasteiger partial charge in [-0.3, -0.25) is 0 Å². The van der Waals surface area contributed by atoms with E-state index in [9.17, 15) is 4.79 Å². The zero-order chi connectivity index (χ0) is 11.0. The number of nitrogens with one attached hydrogen (secondary N) is 1. The summed E-state index contributed by atoms with van der Waals surface area (Å²) >= 11 is -0.0163. The van der Waals surface area contributed by atoms with Crippen molar-refractivity contribution in [2.75, 3.05) is 11.5 Å². The van der Waals surface area contributed by atoms with E-state index in [1.165, 1.54) is 0 Å². The van der Waals surface area contributed by atoms with E-state index in [1.54, 1.807) is 0 Å². The first-order valence-electron chi connectivity index (χ1n) is 5.11. The number of nitrogens with two attached hydrogens (primary N) is 1. The molecule has 86 valence electrons. The van der Waals surface area contributed by atoms with Crippen molar-refractivity contribution in [3.63, 3.8) is 0 Å². The molecular formula is C10H22IN2O-. The molecular weight excluding hydrogens is 291 g/mol. The van der Waals surface area contributed by atoms with Crippen LogP contribution in [0.1, 0.15) is 33.1 Å². The summed E-state index contributed by atoms with van der Waals surface area (Å²) in [4.78, 5) is 13.9. The van der Waals surface area contributed by atoms with Crippen LogP contribution < -0.4 is 30.7 Å². The Labute approximate surface area is 97.8 Å². The van der Waals surface area contributed by atoms with Crippen LogP contribution in [0.15, 0.2) is 0 Å². The van der Waals surface area contributed by atoms with Gasteiger partial charge in [-0.05, 0) is 0 Å². The van der Waals surface area contributed by atoms with Crippen LogP contribution in [-0.4, -0.2) is 23.3 Å². The van der Waals surface area contributed by atoms with Gasteiger partial charge in [0, 0.05) is 0 Å². The molecule has 4 heteroatoms. The fraction of sp³-hybridized carbons (Fsp3) is 0.900. The molecule has 0 radical (unpaired) electrons. The van der Waals surface area contributed by atoms with Crippen molar-refractivity contribution < 1.29 is 26.3 Å². The van der Waals surface area contributed by atoms with Crippen molar-refractivity contribution in [2.45, 2.75) is 39.2 Å². The molecule has 0 saturated heterocycles. The Balaban J connectivity index is 3.94. The van der Waals surface area contributed by atoms with E-state index in [0.29, 0.717) is 5.78 Å². The van der Waals surface area contributed by atoms with Crippen molar-refractivity contribution in [3.8, 4) is 0 Å². The van der Waals surface area contributed by atoms with Gasteiger partial charge in [0.05, 0.1) is 0 Å². The molecule has 0 fully saturated rings. The normalized spacial score (nSPS) is 13.5. The van der Waals surface area contributed by atoms with Crippen LogP contribution in [-0.2, 0) is 4.79 Å². The average Bonchev–Trinajstić information content (AvgIpc) is 2.15. The van der Waals surface area contributed by atoms with Crippen LogP contribution in [0.5, 0.6) is 0 Å². The summed E-state index contributed by atoms with van der Waals surface area (Å²) in [5.74, 6) is 0.490. The zero-order valence-corrected chi connectivity index (χ0v) is 11.5. The van der Waals surface area contributed by atoms with Crippen LogP contribution in [0.2, 0.25) is 0 Å². The van der Waals surface area contributed by atoms with E-state index in [1.807, 2.05) is 13.8 Å². The minimum atomic E-state index is -0.0163. The first-order chi connectivity index (χ1) is 6.63. The summed E-state index contributed by atoms with van der Waals surface area (Å²) in [6.45, 7) is 4.66. The van der Waals surface area contributed by atoms with E-state index in [-0.39, 0.29) is 33.4 Å². The van der Waals surface area contributed by atoms with Gasteiger partial charge in [-0.15, -0.1) is 0 Å². The second-order valence-electron chi connectivity index (χ2n) is 3.69. The molecule has 1 atom stereocenters. The predicted molar refractivity (Wildman–Crippen MR) is 55.6 cm³/mol. The van der Waals surface area contributed by atoms with Crippen LogP contribution in [0.25, 0.3) is 0 Å². The van der Waals surface area contributed by atoms with E-state index in [0.717, 1.165) is 25.8 Å². The standard InChI is InChI=1S/C10H22IN2O/c1-8(2)10(14)9(13-11-3)6-4-5-7-12/h8-9,13H,4-7,12H2,1-3H3/q-1. The molecule has 0 saturated carbocycles. The molecule has 0 aliphatic heterocycles. The molecule has 0 amide bonds. The van der Waals surface area contributed by atoms with Gasteiger partial charge in [0.25, 0.3) is 0 Å². The molecule has 0 aliphatic carbocycles. The third-order valence-electron chi connectivity index (χ3n) is 2.10. The molecule has 1 unspecified atom stereocenters. The summed E-state index contributed by atoms with van der Waals surface area (Å²) in [7, 11) is 0. The van der Waals surface area contributed by atoms with Gasteiger partial charge in [0.1, 0.15) is 0 Å². The summed E-state index contributed by atoms with van der Waals surface area (Å²) in [5.41, 5.74) is 5.43. The van der Waals surface area contributed by atoms with E-state index in [2.05, 4.69) is 8.46 Å². The van der Waals surface area contributed by atoms with Crippen molar-refractivity contribution >= 4 is 5.78 Å². The molecule has 0 spiro atoms. The van der Waals surface area contributed by atoms with E-state index in [4.69, 9.17) is 5.73 Å². The number of hydrogen-bond donors (Lipinski definition) is 2. The van der Waals surface area contributed by atoms with Crippen LogP contribution >= 0.6 is 0 Å². The maximum absolute atomic E-state index is 11.8. The Morgan fingerprint density at radius 2 is 2.07 bits per heavy atom. The Kier molecular flexibility index (Phi) is 8.81. The van der Waals surface area contributed by atoms with Gasteiger partial charge in [0.2, 0.25) is 0 Å². The van der Waals surface area contributed by atoms with Crippen LogP contribution in [0, 0.1) is 5.92 Å². The molecule has 0 rings (SSSR count). The van der Waals surface area contributed by atoms with Crippen LogP contribution in [0.4, 0.5) is 0 Å². The quantitative estimate of drug-likeness (QED) is 0.234. The topological polar surface area (TPSA) is 55.1 Å². The second kappa shape index (κ2) is 8.61. The fourth-order valence-corrected chi connectivity index (χ4v) is 2.65. The molecule has 0 aliphatic rings. The van der Waals surface area contributed by atoms with Gasteiger partial charge in [-0.25, -0.2) is 0 Å². The summed E-state index contributed by atoms with van der Waals surface area (Å²) in [6.07, 6.45) is 3.02. The zero-order valence-electron chi connectivity index (χ0n) is 9.35. The van der Waals surface area contributed by atoms with Gasteiger partial charge in [-0.1, -0.05) is 0 Å². The summed E-state index contributed by atoms with van der Waals surface area (Å²) < 4.78 is 3.34. The third kappa shape index (κ3) is 5.93. The fourth-order valence-electron chi connectivity index (χ4n) is 1.28. The number of ketones is 1. The Hall–Kier alpha value is 0.320. The molecule has 0 heterocycles. The van der Waals surface area contributed by atoms with Crippen LogP contribution in [0.3, 0.4) is 0 Å². The minimum absolute atomic E-state index is 0.0163. The predicted octanol–water partition coefficient (Wildman–Crippen LogP) is -2.07. The van der Waals surface area contributed by atoms with Gasteiger partial charge >= 0.3 is 97.9 Å². The second-order valence-corrected chi connectivity index (χ2v) is 5.39. The third-order valence-corrected chi connectivity index (χ3v) is 3.47. The molecule has 0 aromatic heterocycles. The van der Waals surface area contributed by atoms with Crippen molar-refractivity contribution in [1.82, 2.24) is 3.53 Å². The van der Waals surface area contributed by atoms with Crippen molar-refractivity contribution in [2.24, 2.45) is 11.7 Å². The maximum atomic E-state index is 11.8. The average molecular weight is 313 g/mol. The number of unbranched alkanes of at least 4 members (excludes halogenated alkanes) is 1. The first kappa shape index (κ1) is 14.3. The van der Waals surface area contributed by atoms with Gasteiger partial charge in [0.15, 0.2) is 0 Å². The Morgan fingerprint density at radius 1 is 1.43 bits per heavy atom. The Morgan fingerprint density at radius 3 is 2.50 bits per heavy atom.